The van der Waals surface area contributed by atoms with E-state index in [2.05, 4.69) is 0 Å². The molecule has 1 heterocycles. The third kappa shape index (κ3) is 6.08. The number of rotatable bonds is 7. The van der Waals surface area contributed by atoms with Crippen LogP contribution in [0.15, 0.2) is 54.6 Å². The number of benzene rings is 2. The van der Waals surface area contributed by atoms with Crippen LogP contribution < -0.4 is 0 Å². The number of methoxy groups -OCH3 is 1. The second-order valence-corrected chi connectivity index (χ2v) is 7.43. The Morgan fingerprint density at radius 1 is 1.12 bits per heavy atom. The summed E-state index contributed by atoms with van der Waals surface area (Å²) in [6, 6.07) is 13.2. The van der Waals surface area contributed by atoms with Crippen molar-refractivity contribution in [2.75, 3.05) is 46.5 Å². The van der Waals surface area contributed by atoms with Crippen LogP contribution in [0.3, 0.4) is 0 Å². The highest BCUT2D eigenvalue weighted by molar-refractivity contribution is 5.95. The molecule has 1 aliphatic rings. The molecule has 0 spiro atoms. The van der Waals surface area contributed by atoms with E-state index in [0.29, 0.717) is 18.7 Å². The van der Waals surface area contributed by atoms with E-state index >= 15 is 0 Å². The van der Waals surface area contributed by atoms with Crippen LogP contribution in [0.4, 0.5) is 13.2 Å². The standard InChI is InChI=1S/C23H25F3N2O4/c1-31-12-10-27(22(30)18-8-5-9-19(14-18)23(24,25)26)15-20-16-28(11-13-32-20)21(29)17-6-3-2-4-7-17/h2-9,14,20H,10-13,15-16H2,1H3/t20-/m0/s1. The number of hydrogen-bond donors (Lipinski definition) is 0. The van der Waals surface area contributed by atoms with Crippen molar-refractivity contribution in [1.82, 2.24) is 9.80 Å². The molecule has 1 aliphatic heterocycles. The van der Waals surface area contributed by atoms with Gasteiger partial charge in [0.25, 0.3) is 11.8 Å². The van der Waals surface area contributed by atoms with Gasteiger partial charge in [-0.2, -0.15) is 13.2 Å². The Morgan fingerprint density at radius 3 is 2.53 bits per heavy atom. The average Bonchev–Trinajstić information content (AvgIpc) is 2.81. The summed E-state index contributed by atoms with van der Waals surface area (Å²) in [6.45, 7) is 1.51. The molecular weight excluding hydrogens is 425 g/mol. The van der Waals surface area contributed by atoms with E-state index in [-0.39, 0.29) is 37.7 Å². The normalized spacial score (nSPS) is 16.6. The minimum absolute atomic E-state index is 0.0658. The number of nitrogens with zero attached hydrogens (tertiary/aromatic N) is 2. The molecular formula is C23H25F3N2O4. The number of carbonyl (C=O) groups excluding carboxylic acids is 2. The minimum atomic E-state index is -4.54. The molecule has 172 valence electrons. The molecule has 3 rings (SSSR count). The summed E-state index contributed by atoms with van der Waals surface area (Å²) >= 11 is 0. The molecule has 0 unspecified atom stereocenters. The lowest BCUT2D eigenvalue weighted by Crippen LogP contribution is -2.51. The van der Waals surface area contributed by atoms with E-state index in [0.717, 1.165) is 12.1 Å². The first-order valence-corrected chi connectivity index (χ1v) is 10.2. The Hall–Kier alpha value is -2.91. The summed E-state index contributed by atoms with van der Waals surface area (Å²) in [7, 11) is 1.48. The monoisotopic (exact) mass is 450 g/mol. The van der Waals surface area contributed by atoms with E-state index in [9.17, 15) is 22.8 Å². The van der Waals surface area contributed by atoms with E-state index in [4.69, 9.17) is 9.47 Å². The first kappa shape index (κ1) is 23.7. The van der Waals surface area contributed by atoms with Gasteiger partial charge in [-0.15, -0.1) is 0 Å². The number of morpholine rings is 1. The quantitative estimate of drug-likeness (QED) is 0.649. The topological polar surface area (TPSA) is 59.1 Å². The fraction of sp³-hybridized carbons (Fsp3) is 0.391. The molecule has 0 aliphatic carbocycles. The van der Waals surface area contributed by atoms with E-state index in [1.165, 1.54) is 24.1 Å². The lowest BCUT2D eigenvalue weighted by Gasteiger charge is -2.36. The van der Waals surface area contributed by atoms with Crippen LogP contribution in [0.2, 0.25) is 0 Å². The summed E-state index contributed by atoms with van der Waals surface area (Å²) in [5, 5.41) is 0. The van der Waals surface area contributed by atoms with Crippen molar-refractivity contribution in [3.63, 3.8) is 0 Å². The van der Waals surface area contributed by atoms with Crippen LogP contribution in [0.1, 0.15) is 26.3 Å². The van der Waals surface area contributed by atoms with Crippen molar-refractivity contribution in [1.29, 1.82) is 0 Å². The first-order chi connectivity index (χ1) is 15.3. The average molecular weight is 450 g/mol. The molecule has 32 heavy (non-hydrogen) atoms. The van der Waals surface area contributed by atoms with E-state index < -0.39 is 23.8 Å². The summed E-state index contributed by atoms with van der Waals surface area (Å²) in [4.78, 5) is 28.8. The molecule has 0 bridgehead atoms. The zero-order valence-corrected chi connectivity index (χ0v) is 17.7. The van der Waals surface area contributed by atoms with Gasteiger partial charge in [-0.3, -0.25) is 9.59 Å². The van der Waals surface area contributed by atoms with E-state index in [1.807, 2.05) is 6.07 Å². The van der Waals surface area contributed by atoms with Crippen LogP contribution >= 0.6 is 0 Å². The van der Waals surface area contributed by atoms with E-state index in [1.54, 1.807) is 29.2 Å². The van der Waals surface area contributed by atoms with Crippen molar-refractivity contribution >= 4 is 11.8 Å². The third-order valence-electron chi connectivity index (χ3n) is 5.16. The van der Waals surface area contributed by atoms with Gasteiger partial charge in [0, 0.05) is 44.4 Å². The summed E-state index contributed by atoms with van der Waals surface area (Å²) < 4.78 is 50.0. The Balaban J connectivity index is 1.72. The zero-order chi connectivity index (χ0) is 23.1. The highest BCUT2D eigenvalue weighted by Crippen LogP contribution is 2.29. The Kier molecular flexibility index (Phi) is 7.87. The maximum Gasteiger partial charge on any atom is 0.416 e. The summed E-state index contributed by atoms with van der Waals surface area (Å²) in [6.07, 6.45) is -5.01. The van der Waals surface area contributed by atoms with Gasteiger partial charge in [0.05, 0.1) is 24.9 Å². The first-order valence-electron chi connectivity index (χ1n) is 10.2. The van der Waals surface area contributed by atoms with Gasteiger partial charge in [0.15, 0.2) is 0 Å². The fourth-order valence-electron chi connectivity index (χ4n) is 3.51. The van der Waals surface area contributed by atoms with Gasteiger partial charge in [-0.1, -0.05) is 24.3 Å². The molecule has 1 atom stereocenters. The summed E-state index contributed by atoms with van der Waals surface area (Å²) in [5.74, 6) is -0.685. The molecule has 9 heteroatoms. The Labute approximate surface area is 184 Å². The zero-order valence-electron chi connectivity index (χ0n) is 17.7. The smallest absolute Gasteiger partial charge is 0.383 e. The molecule has 0 saturated carbocycles. The lowest BCUT2D eigenvalue weighted by atomic mass is 10.1. The van der Waals surface area contributed by atoms with Crippen molar-refractivity contribution in [3.8, 4) is 0 Å². The maximum atomic E-state index is 13.1. The number of ether oxygens (including phenoxy) is 2. The molecule has 6 nitrogen and oxygen atoms in total. The van der Waals surface area contributed by atoms with Crippen LogP contribution in [0.25, 0.3) is 0 Å². The highest BCUT2D eigenvalue weighted by Gasteiger charge is 2.32. The highest BCUT2D eigenvalue weighted by atomic mass is 19.4. The van der Waals surface area contributed by atoms with Crippen molar-refractivity contribution in [3.05, 3.63) is 71.3 Å². The third-order valence-corrected chi connectivity index (χ3v) is 5.16. The minimum Gasteiger partial charge on any atom is -0.383 e. The van der Waals surface area contributed by atoms with Gasteiger partial charge < -0.3 is 19.3 Å². The number of alkyl halides is 3. The second-order valence-electron chi connectivity index (χ2n) is 7.43. The molecule has 2 aromatic carbocycles. The molecule has 0 N–H and O–H groups in total. The van der Waals surface area contributed by atoms with Crippen LogP contribution in [-0.4, -0.2) is 74.2 Å². The van der Waals surface area contributed by atoms with Gasteiger partial charge in [-0.25, -0.2) is 0 Å². The number of halogens is 3. The molecule has 0 radical (unpaired) electrons. The SMILES string of the molecule is COCCN(C[C@H]1CN(C(=O)c2ccccc2)CCO1)C(=O)c1cccc(C(F)(F)F)c1. The van der Waals surface area contributed by atoms with Gasteiger partial charge >= 0.3 is 6.18 Å². The van der Waals surface area contributed by atoms with Crippen LogP contribution in [0, 0.1) is 0 Å². The maximum absolute atomic E-state index is 13.1. The fourth-order valence-corrected chi connectivity index (χ4v) is 3.51. The molecule has 2 amide bonds. The molecule has 2 aromatic rings. The number of amides is 2. The molecule has 0 aromatic heterocycles. The second kappa shape index (κ2) is 10.6. The van der Waals surface area contributed by atoms with Crippen molar-refractivity contribution in [2.45, 2.75) is 12.3 Å². The lowest BCUT2D eigenvalue weighted by molar-refractivity contribution is -0.137. The molecule has 1 fully saturated rings. The van der Waals surface area contributed by atoms with Gasteiger partial charge in [-0.05, 0) is 30.3 Å². The Bertz CT molecular complexity index is 921. The van der Waals surface area contributed by atoms with Gasteiger partial charge in [0.2, 0.25) is 0 Å². The van der Waals surface area contributed by atoms with Crippen molar-refractivity contribution < 1.29 is 32.2 Å². The number of hydrogen-bond acceptors (Lipinski definition) is 4. The van der Waals surface area contributed by atoms with Crippen LogP contribution in [-0.2, 0) is 15.7 Å². The van der Waals surface area contributed by atoms with Gasteiger partial charge in [0.1, 0.15) is 0 Å². The predicted octanol–water partition coefficient (Wildman–Crippen LogP) is 3.34. The van der Waals surface area contributed by atoms with Crippen LogP contribution in [0.5, 0.6) is 0 Å². The largest absolute Gasteiger partial charge is 0.416 e. The Morgan fingerprint density at radius 2 is 1.84 bits per heavy atom. The molecule has 1 saturated heterocycles. The van der Waals surface area contributed by atoms with Crippen molar-refractivity contribution in [2.24, 2.45) is 0 Å². The predicted molar refractivity (Wildman–Crippen MR) is 111 cm³/mol. The number of carbonyl (C=O) groups is 2. The summed E-state index contributed by atoms with van der Waals surface area (Å²) in [5.41, 5.74) is -0.392.